The second-order valence-electron chi connectivity index (χ2n) is 4.91. The molecule has 1 fully saturated rings. The van der Waals surface area contributed by atoms with Gasteiger partial charge in [-0.15, -0.1) is 0 Å². The fraction of sp³-hybridized carbons (Fsp3) is 0.500. The van der Waals surface area contributed by atoms with Gasteiger partial charge in [-0.2, -0.15) is 0 Å². The lowest BCUT2D eigenvalue weighted by Crippen LogP contribution is -2.50. The van der Waals surface area contributed by atoms with Crippen LogP contribution in [0, 0.1) is 6.92 Å². The average molecular weight is 262 g/mol. The maximum atomic E-state index is 12.1. The van der Waals surface area contributed by atoms with Crippen molar-refractivity contribution < 1.29 is 4.79 Å². The van der Waals surface area contributed by atoms with E-state index in [-0.39, 0.29) is 6.03 Å². The van der Waals surface area contributed by atoms with Crippen LogP contribution in [0.2, 0.25) is 0 Å². The van der Waals surface area contributed by atoms with Crippen LogP contribution >= 0.6 is 0 Å². The second kappa shape index (κ2) is 6.54. The SMILES string of the molecule is Cc1ccc(NC(=O)N2CCN(CCN)CC2)cc1. The molecule has 0 atom stereocenters. The summed E-state index contributed by atoms with van der Waals surface area (Å²) in [7, 11) is 0. The van der Waals surface area contributed by atoms with E-state index in [1.165, 1.54) is 5.56 Å². The predicted molar refractivity (Wildman–Crippen MR) is 77.3 cm³/mol. The first-order valence-corrected chi connectivity index (χ1v) is 6.74. The van der Waals surface area contributed by atoms with Crippen molar-refractivity contribution in [3.05, 3.63) is 29.8 Å². The minimum absolute atomic E-state index is 0.0174. The van der Waals surface area contributed by atoms with Gasteiger partial charge in [0.2, 0.25) is 0 Å². The van der Waals surface area contributed by atoms with E-state index >= 15 is 0 Å². The largest absolute Gasteiger partial charge is 0.329 e. The molecule has 104 valence electrons. The van der Waals surface area contributed by atoms with E-state index in [9.17, 15) is 4.79 Å². The number of rotatable bonds is 3. The van der Waals surface area contributed by atoms with Crippen molar-refractivity contribution in [3.63, 3.8) is 0 Å². The van der Waals surface area contributed by atoms with Crippen LogP contribution in [0.25, 0.3) is 0 Å². The highest BCUT2D eigenvalue weighted by atomic mass is 16.2. The zero-order valence-electron chi connectivity index (χ0n) is 11.4. The number of carbonyl (C=O) groups excluding carboxylic acids is 1. The van der Waals surface area contributed by atoms with Crippen molar-refractivity contribution in [2.24, 2.45) is 5.73 Å². The van der Waals surface area contributed by atoms with Gasteiger partial charge in [0.1, 0.15) is 0 Å². The van der Waals surface area contributed by atoms with Gasteiger partial charge in [-0.05, 0) is 19.1 Å². The summed E-state index contributed by atoms with van der Waals surface area (Å²) in [5.74, 6) is 0. The minimum Gasteiger partial charge on any atom is -0.329 e. The molecular formula is C14H22N4O. The molecule has 5 nitrogen and oxygen atoms in total. The highest BCUT2D eigenvalue weighted by Gasteiger charge is 2.20. The lowest BCUT2D eigenvalue weighted by molar-refractivity contribution is 0.149. The summed E-state index contributed by atoms with van der Waals surface area (Å²) in [4.78, 5) is 16.2. The Morgan fingerprint density at radius 1 is 1.21 bits per heavy atom. The highest BCUT2D eigenvalue weighted by molar-refractivity contribution is 5.89. The number of anilines is 1. The molecule has 1 saturated heterocycles. The summed E-state index contributed by atoms with van der Waals surface area (Å²) in [6.45, 7) is 6.94. The Kier molecular flexibility index (Phi) is 4.76. The van der Waals surface area contributed by atoms with Gasteiger partial charge in [0.25, 0.3) is 0 Å². The smallest absolute Gasteiger partial charge is 0.321 e. The molecule has 0 spiro atoms. The Balaban J connectivity index is 1.83. The highest BCUT2D eigenvalue weighted by Crippen LogP contribution is 2.10. The van der Waals surface area contributed by atoms with Gasteiger partial charge in [-0.3, -0.25) is 4.90 Å². The Labute approximate surface area is 114 Å². The van der Waals surface area contributed by atoms with Gasteiger partial charge in [-0.1, -0.05) is 17.7 Å². The van der Waals surface area contributed by atoms with Gasteiger partial charge in [-0.25, -0.2) is 4.79 Å². The minimum atomic E-state index is -0.0174. The molecule has 5 heteroatoms. The Morgan fingerprint density at radius 3 is 2.42 bits per heavy atom. The molecule has 0 radical (unpaired) electrons. The van der Waals surface area contributed by atoms with Crippen molar-refractivity contribution in [3.8, 4) is 0 Å². The zero-order chi connectivity index (χ0) is 13.7. The molecule has 2 amide bonds. The summed E-state index contributed by atoms with van der Waals surface area (Å²) in [5.41, 5.74) is 7.57. The monoisotopic (exact) mass is 262 g/mol. The molecule has 3 N–H and O–H groups in total. The molecule has 0 bridgehead atoms. The van der Waals surface area contributed by atoms with Crippen molar-refractivity contribution in [1.82, 2.24) is 9.80 Å². The topological polar surface area (TPSA) is 61.6 Å². The molecule has 0 aromatic heterocycles. The number of carbonyl (C=O) groups is 1. The summed E-state index contributed by atoms with van der Waals surface area (Å²) < 4.78 is 0. The van der Waals surface area contributed by atoms with E-state index < -0.39 is 0 Å². The maximum Gasteiger partial charge on any atom is 0.321 e. The number of aryl methyl sites for hydroxylation is 1. The van der Waals surface area contributed by atoms with Crippen molar-refractivity contribution >= 4 is 11.7 Å². The lowest BCUT2D eigenvalue weighted by Gasteiger charge is -2.34. The van der Waals surface area contributed by atoms with E-state index in [2.05, 4.69) is 10.2 Å². The van der Waals surface area contributed by atoms with Crippen LogP contribution in [-0.4, -0.2) is 55.1 Å². The van der Waals surface area contributed by atoms with E-state index in [0.29, 0.717) is 6.54 Å². The summed E-state index contributed by atoms with van der Waals surface area (Å²) in [6, 6.07) is 7.83. The van der Waals surface area contributed by atoms with E-state index in [1.807, 2.05) is 36.1 Å². The number of nitrogens with two attached hydrogens (primary N) is 1. The van der Waals surface area contributed by atoms with Crippen LogP contribution in [0.1, 0.15) is 5.56 Å². The fourth-order valence-electron chi connectivity index (χ4n) is 2.20. The van der Waals surface area contributed by atoms with E-state index in [0.717, 1.165) is 38.4 Å². The first-order chi connectivity index (χ1) is 9.19. The molecule has 19 heavy (non-hydrogen) atoms. The zero-order valence-corrected chi connectivity index (χ0v) is 11.4. The molecule has 0 saturated carbocycles. The summed E-state index contributed by atoms with van der Waals surface area (Å²) in [6.07, 6.45) is 0. The fourth-order valence-corrected chi connectivity index (χ4v) is 2.20. The first kappa shape index (κ1) is 13.8. The van der Waals surface area contributed by atoms with Crippen molar-refractivity contribution in [2.45, 2.75) is 6.92 Å². The molecule has 2 rings (SSSR count). The molecular weight excluding hydrogens is 240 g/mol. The number of hydrogen-bond donors (Lipinski definition) is 2. The predicted octanol–water partition coefficient (Wildman–Crippen LogP) is 1.10. The Bertz CT molecular complexity index is 410. The summed E-state index contributed by atoms with van der Waals surface area (Å²) in [5, 5.41) is 2.93. The quantitative estimate of drug-likeness (QED) is 0.857. The Hall–Kier alpha value is -1.59. The number of nitrogens with zero attached hydrogens (tertiary/aromatic N) is 2. The van der Waals surface area contributed by atoms with E-state index in [1.54, 1.807) is 0 Å². The van der Waals surface area contributed by atoms with Gasteiger partial charge in [0.05, 0.1) is 0 Å². The third-order valence-corrected chi connectivity index (χ3v) is 3.41. The van der Waals surface area contributed by atoms with Crippen LogP contribution < -0.4 is 11.1 Å². The molecule has 0 aliphatic carbocycles. The van der Waals surface area contributed by atoms with Gasteiger partial charge in [0, 0.05) is 45.0 Å². The molecule has 1 aromatic rings. The van der Waals surface area contributed by atoms with Crippen molar-refractivity contribution in [2.75, 3.05) is 44.6 Å². The van der Waals surface area contributed by atoms with Crippen LogP contribution in [0.15, 0.2) is 24.3 Å². The lowest BCUT2D eigenvalue weighted by atomic mass is 10.2. The first-order valence-electron chi connectivity index (χ1n) is 6.74. The molecule has 1 aromatic carbocycles. The molecule has 1 aliphatic rings. The van der Waals surface area contributed by atoms with Crippen LogP contribution in [-0.2, 0) is 0 Å². The third-order valence-electron chi connectivity index (χ3n) is 3.41. The van der Waals surface area contributed by atoms with Crippen LogP contribution in [0.5, 0.6) is 0 Å². The number of piperazine rings is 1. The van der Waals surface area contributed by atoms with Gasteiger partial charge >= 0.3 is 6.03 Å². The third kappa shape index (κ3) is 3.94. The second-order valence-corrected chi connectivity index (χ2v) is 4.91. The average Bonchev–Trinajstić information content (AvgIpc) is 2.42. The molecule has 0 unspecified atom stereocenters. The number of amides is 2. The van der Waals surface area contributed by atoms with Crippen LogP contribution in [0.4, 0.5) is 10.5 Å². The summed E-state index contributed by atoms with van der Waals surface area (Å²) >= 11 is 0. The number of urea groups is 1. The van der Waals surface area contributed by atoms with Gasteiger partial charge in [0.15, 0.2) is 0 Å². The van der Waals surface area contributed by atoms with Crippen LogP contribution in [0.3, 0.4) is 0 Å². The standard InChI is InChI=1S/C14H22N4O/c1-12-2-4-13(5-3-12)16-14(19)18-10-8-17(7-6-15)9-11-18/h2-5H,6-11,15H2,1H3,(H,16,19). The normalized spacial score (nSPS) is 16.4. The number of hydrogen-bond acceptors (Lipinski definition) is 3. The molecule has 1 heterocycles. The number of benzene rings is 1. The van der Waals surface area contributed by atoms with E-state index in [4.69, 9.17) is 5.73 Å². The Morgan fingerprint density at radius 2 is 1.84 bits per heavy atom. The number of nitrogens with one attached hydrogen (secondary N) is 1. The van der Waals surface area contributed by atoms with Crippen molar-refractivity contribution in [1.29, 1.82) is 0 Å². The maximum absolute atomic E-state index is 12.1. The molecule has 1 aliphatic heterocycles. The van der Waals surface area contributed by atoms with Gasteiger partial charge < -0.3 is 16.0 Å².